The van der Waals surface area contributed by atoms with E-state index in [2.05, 4.69) is 4.98 Å². The molecule has 0 saturated heterocycles. The third-order valence-corrected chi connectivity index (χ3v) is 1.79. The predicted octanol–water partition coefficient (Wildman–Crippen LogP) is 0.0769. The van der Waals surface area contributed by atoms with E-state index in [4.69, 9.17) is 5.84 Å². The van der Waals surface area contributed by atoms with E-state index < -0.39 is 11.7 Å². The molecule has 0 aliphatic rings. The number of imidazole rings is 1. The van der Waals surface area contributed by atoms with Crippen molar-refractivity contribution in [3.8, 4) is 0 Å². The van der Waals surface area contributed by atoms with Crippen LogP contribution in [0.2, 0.25) is 0 Å². The van der Waals surface area contributed by atoms with E-state index in [9.17, 15) is 9.18 Å². The Morgan fingerprint density at radius 2 is 2.43 bits per heavy atom. The molecular formula is C8H7FN4O. The van der Waals surface area contributed by atoms with Gasteiger partial charge in [-0.05, 0) is 6.07 Å². The van der Waals surface area contributed by atoms with Gasteiger partial charge in [-0.2, -0.15) is 0 Å². The fourth-order valence-electron chi connectivity index (χ4n) is 1.14. The van der Waals surface area contributed by atoms with Crippen molar-refractivity contribution in [2.45, 2.75) is 0 Å². The number of fused-ring (bicyclic) bond motifs is 1. The number of rotatable bonds is 1. The number of nitrogens with two attached hydrogens (primary N) is 1. The van der Waals surface area contributed by atoms with Crippen LogP contribution in [-0.4, -0.2) is 15.3 Å². The number of amides is 1. The number of nitrogens with zero attached hydrogens (tertiary/aromatic N) is 2. The van der Waals surface area contributed by atoms with Gasteiger partial charge in [0.05, 0.1) is 0 Å². The first-order valence-corrected chi connectivity index (χ1v) is 3.86. The molecule has 0 fully saturated rings. The lowest BCUT2D eigenvalue weighted by Gasteiger charge is -1.90. The van der Waals surface area contributed by atoms with Crippen LogP contribution < -0.4 is 11.3 Å². The number of hydrogen-bond donors (Lipinski definition) is 2. The van der Waals surface area contributed by atoms with Gasteiger partial charge in [0, 0.05) is 18.5 Å². The van der Waals surface area contributed by atoms with Gasteiger partial charge in [-0.1, -0.05) is 0 Å². The zero-order valence-electron chi connectivity index (χ0n) is 7.07. The van der Waals surface area contributed by atoms with E-state index in [0.29, 0.717) is 5.65 Å². The van der Waals surface area contributed by atoms with Gasteiger partial charge in [-0.15, -0.1) is 0 Å². The summed E-state index contributed by atoms with van der Waals surface area (Å²) in [5, 5.41) is 0. The van der Waals surface area contributed by atoms with Crippen LogP contribution >= 0.6 is 0 Å². The van der Waals surface area contributed by atoms with E-state index in [1.54, 1.807) is 0 Å². The standard InChI is InChI=1S/C8H7FN4O/c9-5-1-2-13-4-6(8(14)12-10)11-7(13)3-5/h1-4H,10H2,(H,12,14). The summed E-state index contributed by atoms with van der Waals surface area (Å²) in [6, 6.07) is 2.51. The van der Waals surface area contributed by atoms with Crippen molar-refractivity contribution in [2.75, 3.05) is 0 Å². The third-order valence-electron chi connectivity index (χ3n) is 1.79. The highest BCUT2D eigenvalue weighted by Gasteiger charge is 2.08. The molecule has 2 aromatic rings. The van der Waals surface area contributed by atoms with Crippen LogP contribution in [0.4, 0.5) is 4.39 Å². The van der Waals surface area contributed by atoms with Crippen LogP contribution in [0.25, 0.3) is 5.65 Å². The highest BCUT2D eigenvalue weighted by Crippen LogP contribution is 2.06. The smallest absolute Gasteiger partial charge is 0.285 e. The average Bonchev–Trinajstić information content (AvgIpc) is 2.59. The van der Waals surface area contributed by atoms with Crippen molar-refractivity contribution in [1.29, 1.82) is 0 Å². The molecule has 14 heavy (non-hydrogen) atoms. The Balaban J connectivity index is 2.56. The zero-order chi connectivity index (χ0) is 10.1. The maximum Gasteiger partial charge on any atom is 0.285 e. The Hall–Kier alpha value is -1.95. The molecule has 2 aromatic heterocycles. The largest absolute Gasteiger partial charge is 0.306 e. The number of pyridine rings is 1. The van der Waals surface area contributed by atoms with Gasteiger partial charge in [-0.3, -0.25) is 10.2 Å². The number of carbonyl (C=O) groups excluding carboxylic acids is 1. The van der Waals surface area contributed by atoms with Gasteiger partial charge < -0.3 is 4.40 Å². The van der Waals surface area contributed by atoms with E-state index in [1.807, 2.05) is 5.43 Å². The van der Waals surface area contributed by atoms with Crippen molar-refractivity contribution < 1.29 is 9.18 Å². The summed E-state index contributed by atoms with van der Waals surface area (Å²) in [5.41, 5.74) is 2.46. The molecule has 0 unspecified atom stereocenters. The van der Waals surface area contributed by atoms with Crippen LogP contribution in [0.3, 0.4) is 0 Å². The fraction of sp³-hybridized carbons (Fsp3) is 0. The van der Waals surface area contributed by atoms with E-state index in [1.165, 1.54) is 28.9 Å². The van der Waals surface area contributed by atoms with Crippen molar-refractivity contribution in [2.24, 2.45) is 5.84 Å². The highest BCUT2D eigenvalue weighted by atomic mass is 19.1. The number of nitrogens with one attached hydrogen (secondary N) is 1. The van der Waals surface area contributed by atoms with Crippen LogP contribution in [-0.2, 0) is 0 Å². The van der Waals surface area contributed by atoms with Crippen molar-refractivity contribution in [1.82, 2.24) is 14.8 Å². The Bertz CT molecular complexity index is 493. The highest BCUT2D eigenvalue weighted by molar-refractivity contribution is 5.92. The summed E-state index contributed by atoms with van der Waals surface area (Å²) in [6.45, 7) is 0. The summed E-state index contributed by atoms with van der Waals surface area (Å²) < 4.78 is 14.3. The first kappa shape index (κ1) is 8.64. The van der Waals surface area contributed by atoms with Crippen molar-refractivity contribution in [3.05, 3.63) is 36.0 Å². The van der Waals surface area contributed by atoms with Crippen LogP contribution in [0, 0.1) is 5.82 Å². The number of nitrogen functional groups attached to an aromatic ring is 1. The van der Waals surface area contributed by atoms with Crippen LogP contribution in [0.1, 0.15) is 10.5 Å². The number of aromatic nitrogens is 2. The lowest BCUT2D eigenvalue weighted by Crippen LogP contribution is -2.30. The van der Waals surface area contributed by atoms with E-state index in [0.717, 1.165) is 0 Å². The summed E-state index contributed by atoms with van der Waals surface area (Å²) >= 11 is 0. The van der Waals surface area contributed by atoms with E-state index in [-0.39, 0.29) is 5.69 Å². The average molecular weight is 194 g/mol. The molecule has 0 spiro atoms. The van der Waals surface area contributed by atoms with Gasteiger partial charge in [0.1, 0.15) is 17.2 Å². The van der Waals surface area contributed by atoms with Gasteiger partial charge in [0.25, 0.3) is 5.91 Å². The fourth-order valence-corrected chi connectivity index (χ4v) is 1.14. The molecule has 1 amide bonds. The lowest BCUT2D eigenvalue weighted by molar-refractivity contribution is 0.0949. The predicted molar refractivity (Wildman–Crippen MR) is 46.8 cm³/mol. The van der Waals surface area contributed by atoms with Crippen molar-refractivity contribution >= 4 is 11.6 Å². The second-order valence-electron chi connectivity index (χ2n) is 2.71. The monoisotopic (exact) mass is 194 g/mol. The SMILES string of the molecule is NNC(=O)c1cn2ccc(F)cc2n1. The molecule has 3 N–H and O–H groups in total. The first-order chi connectivity index (χ1) is 6.70. The summed E-state index contributed by atoms with van der Waals surface area (Å²) in [6.07, 6.45) is 2.95. The second kappa shape index (κ2) is 3.08. The Labute approximate surface area is 78.3 Å². The van der Waals surface area contributed by atoms with Gasteiger partial charge >= 0.3 is 0 Å². The summed E-state index contributed by atoms with van der Waals surface area (Å²) in [4.78, 5) is 14.9. The quantitative estimate of drug-likeness (QED) is 0.383. The second-order valence-corrected chi connectivity index (χ2v) is 2.71. The molecule has 0 atom stereocenters. The topological polar surface area (TPSA) is 72.4 Å². The molecule has 0 saturated carbocycles. The van der Waals surface area contributed by atoms with Gasteiger partial charge in [-0.25, -0.2) is 15.2 Å². The maximum atomic E-state index is 12.8. The van der Waals surface area contributed by atoms with Crippen LogP contribution in [0.5, 0.6) is 0 Å². The Kier molecular flexibility index (Phi) is 1.90. The van der Waals surface area contributed by atoms with Crippen LogP contribution in [0.15, 0.2) is 24.5 Å². The minimum atomic E-state index is -0.505. The molecule has 0 aromatic carbocycles. The number of hydrazine groups is 1. The zero-order valence-corrected chi connectivity index (χ0v) is 7.07. The van der Waals surface area contributed by atoms with Gasteiger partial charge in [0.15, 0.2) is 0 Å². The molecule has 0 aliphatic heterocycles. The van der Waals surface area contributed by atoms with Crippen molar-refractivity contribution in [3.63, 3.8) is 0 Å². The molecule has 2 rings (SSSR count). The summed E-state index contributed by atoms with van der Waals surface area (Å²) in [5.74, 6) is 4.03. The number of hydrogen-bond acceptors (Lipinski definition) is 3. The minimum absolute atomic E-state index is 0.151. The summed E-state index contributed by atoms with van der Waals surface area (Å²) in [7, 11) is 0. The minimum Gasteiger partial charge on any atom is -0.306 e. The third kappa shape index (κ3) is 1.31. The number of carbonyl (C=O) groups is 1. The Morgan fingerprint density at radius 1 is 1.64 bits per heavy atom. The molecule has 6 heteroatoms. The molecule has 0 radical (unpaired) electrons. The lowest BCUT2D eigenvalue weighted by atomic mass is 10.4. The molecule has 0 bridgehead atoms. The molecule has 0 aliphatic carbocycles. The molecule has 5 nitrogen and oxygen atoms in total. The van der Waals surface area contributed by atoms with E-state index >= 15 is 0 Å². The molecule has 2 heterocycles. The number of halogens is 1. The first-order valence-electron chi connectivity index (χ1n) is 3.86. The molecular weight excluding hydrogens is 187 g/mol. The molecule has 72 valence electrons. The maximum absolute atomic E-state index is 12.8. The normalized spacial score (nSPS) is 10.4. The Morgan fingerprint density at radius 3 is 3.14 bits per heavy atom. The van der Waals surface area contributed by atoms with Gasteiger partial charge in [0.2, 0.25) is 0 Å².